The number of sulfonamides is 1. The molecule has 0 radical (unpaired) electrons. The first-order valence-electron chi connectivity index (χ1n) is 12.2. The van der Waals surface area contributed by atoms with Crippen LogP contribution in [0.1, 0.15) is 50.3 Å². The Kier molecular flexibility index (Phi) is 10.5. The molecule has 0 saturated heterocycles. The van der Waals surface area contributed by atoms with Crippen LogP contribution in [0.3, 0.4) is 0 Å². The number of hydrogen-bond acceptors (Lipinski definition) is 4. The van der Waals surface area contributed by atoms with Gasteiger partial charge in [-0.25, -0.2) is 12.8 Å². The van der Waals surface area contributed by atoms with Crippen molar-refractivity contribution in [2.45, 2.75) is 60.0 Å². The first kappa shape index (κ1) is 29.3. The van der Waals surface area contributed by atoms with E-state index in [9.17, 15) is 22.4 Å². The third-order valence-corrected chi connectivity index (χ3v) is 7.29. The lowest BCUT2D eigenvalue weighted by Crippen LogP contribution is -2.48. The Bertz CT molecular complexity index is 1150. The molecule has 0 aliphatic rings. The van der Waals surface area contributed by atoms with Gasteiger partial charge in [-0.2, -0.15) is 0 Å². The molecule has 36 heavy (non-hydrogen) atoms. The standard InChI is InChI=1S/C27H38FN3O4S/c1-19(2)17-29-27(33)22(5)30(18-23-12-14-24(28)15-13-23)26(32)11-8-16-31(36(6,34)35)25-10-7-9-20(3)21(25)4/h7,9-10,12-15,19,22H,8,11,16-18H2,1-6H3,(H,29,33)/t22-/m1/s1. The Morgan fingerprint density at radius 1 is 1.03 bits per heavy atom. The zero-order chi connectivity index (χ0) is 27.0. The van der Waals surface area contributed by atoms with Gasteiger partial charge in [0.1, 0.15) is 11.9 Å². The molecule has 0 fully saturated rings. The van der Waals surface area contributed by atoms with Crippen molar-refractivity contribution in [3.8, 4) is 0 Å². The van der Waals surface area contributed by atoms with E-state index in [2.05, 4.69) is 5.32 Å². The molecule has 2 aromatic rings. The zero-order valence-corrected chi connectivity index (χ0v) is 22.9. The van der Waals surface area contributed by atoms with Crippen LogP contribution in [0.2, 0.25) is 0 Å². The van der Waals surface area contributed by atoms with Crippen molar-refractivity contribution in [1.82, 2.24) is 10.2 Å². The number of carbonyl (C=O) groups excluding carboxylic acids is 2. The molecule has 2 aromatic carbocycles. The van der Waals surface area contributed by atoms with Crippen molar-refractivity contribution in [1.29, 1.82) is 0 Å². The van der Waals surface area contributed by atoms with Gasteiger partial charge in [0, 0.05) is 26.1 Å². The highest BCUT2D eigenvalue weighted by Crippen LogP contribution is 2.25. The first-order chi connectivity index (χ1) is 16.8. The normalized spacial score (nSPS) is 12.3. The minimum Gasteiger partial charge on any atom is -0.354 e. The van der Waals surface area contributed by atoms with Crippen molar-refractivity contribution in [2.24, 2.45) is 5.92 Å². The number of nitrogens with one attached hydrogen (secondary N) is 1. The largest absolute Gasteiger partial charge is 0.354 e. The number of halogens is 1. The monoisotopic (exact) mass is 519 g/mol. The van der Waals surface area contributed by atoms with Gasteiger partial charge >= 0.3 is 0 Å². The van der Waals surface area contributed by atoms with Gasteiger partial charge in [0.25, 0.3) is 0 Å². The maximum Gasteiger partial charge on any atom is 0.242 e. The topological polar surface area (TPSA) is 86.8 Å². The van der Waals surface area contributed by atoms with Crippen LogP contribution in [0.5, 0.6) is 0 Å². The second kappa shape index (κ2) is 12.9. The van der Waals surface area contributed by atoms with Crippen molar-refractivity contribution in [3.05, 3.63) is 65.0 Å². The number of anilines is 1. The molecule has 0 saturated carbocycles. The third kappa shape index (κ3) is 8.33. The van der Waals surface area contributed by atoms with Crippen LogP contribution < -0.4 is 9.62 Å². The van der Waals surface area contributed by atoms with Gasteiger partial charge in [0.05, 0.1) is 11.9 Å². The fraction of sp³-hybridized carbons (Fsp3) is 0.481. The van der Waals surface area contributed by atoms with Gasteiger partial charge in [-0.05, 0) is 68.0 Å². The van der Waals surface area contributed by atoms with Gasteiger partial charge in [-0.3, -0.25) is 13.9 Å². The number of hydrogen-bond donors (Lipinski definition) is 1. The highest BCUT2D eigenvalue weighted by atomic mass is 32.2. The number of nitrogens with zero attached hydrogens (tertiary/aromatic N) is 2. The molecule has 0 heterocycles. The van der Waals surface area contributed by atoms with Crippen LogP contribution in [-0.4, -0.2) is 50.5 Å². The van der Waals surface area contributed by atoms with Gasteiger partial charge in [-0.15, -0.1) is 0 Å². The lowest BCUT2D eigenvalue weighted by molar-refractivity contribution is -0.140. The van der Waals surface area contributed by atoms with E-state index < -0.39 is 16.1 Å². The summed E-state index contributed by atoms with van der Waals surface area (Å²) in [6.07, 6.45) is 1.48. The van der Waals surface area contributed by atoms with Crippen molar-refractivity contribution in [2.75, 3.05) is 23.7 Å². The molecule has 0 aromatic heterocycles. The van der Waals surface area contributed by atoms with E-state index in [4.69, 9.17) is 0 Å². The minimum absolute atomic E-state index is 0.0554. The van der Waals surface area contributed by atoms with E-state index in [1.165, 1.54) is 21.3 Å². The molecular formula is C27H38FN3O4S. The average Bonchev–Trinajstić information content (AvgIpc) is 2.80. The lowest BCUT2D eigenvalue weighted by atomic mass is 10.1. The molecule has 0 unspecified atom stereocenters. The molecular weight excluding hydrogens is 481 g/mol. The maximum atomic E-state index is 13.4. The Labute approximate surface area is 214 Å². The highest BCUT2D eigenvalue weighted by Gasteiger charge is 2.27. The molecule has 1 N–H and O–H groups in total. The number of amides is 2. The van der Waals surface area contributed by atoms with Crippen LogP contribution >= 0.6 is 0 Å². The van der Waals surface area contributed by atoms with Crippen LogP contribution in [0.25, 0.3) is 0 Å². The first-order valence-corrected chi connectivity index (χ1v) is 14.0. The quantitative estimate of drug-likeness (QED) is 0.456. The van der Waals surface area contributed by atoms with E-state index in [0.29, 0.717) is 17.8 Å². The average molecular weight is 520 g/mol. The van der Waals surface area contributed by atoms with Gasteiger partial charge in [-0.1, -0.05) is 38.1 Å². The summed E-state index contributed by atoms with van der Waals surface area (Å²) < 4.78 is 39.8. The second-order valence-electron chi connectivity index (χ2n) is 9.62. The lowest BCUT2D eigenvalue weighted by Gasteiger charge is -2.30. The summed E-state index contributed by atoms with van der Waals surface area (Å²) in [6, 6.07) is 10.5. The maximum absolute atomic E-state index is 13.4. The Morgan fingerprint density at radius 2 is 1.67 bits per heavy atom. The Hall–Kier alpha value is -2.94. The summed E-state index contributed by atoms with van der Waals surface area (Å²) in [4.78, 5) is 27.5. The molecule has 2 amide bonds. The zero-order valence-electron chi connectivity index (χ0n) is 22.0. The number of rotatable bonds is 12. The number of aryl methyl sites for hydroxylation is 1. The third-order valence-electron chi connectivity index (χ3n) is 6.11. The Morgan fingerprint density at radius 3 is 2.25 bits per heavy atom. The number of carbonyl (C=O) groups is 2. The molecule has 2 rings (SSSR count). The van der Waals surface area contributed by atoms with Gasteiger partial charge in [0.15, 0.2) is 0 Å². The van der Waals surface area contributed by atoms with Crippen molar-refractivity contribution >= 4 is 27.5 Å². The van der Waals surface area contributed by atoms with E-state index in [0.717, 1.165) is 17.4 Å². The molecule has 198 valence electrons. The van der Waals surface area contributed by atoms with E-state index in [1.54, 1.807) is 25.1 Å². The SMILES string of the molecule is Cc1cccc(N(CCCC(=O)N(Cc2ccc(F)cc2)[C@H](C)C(=O)NCC(C)C)S(C)(=O)=O)c1C. The summed E-state index contributed by atoms with van der Waals surface area (Å²) in [5.74, 6) is -0.672. The van der Waals surface area contributed by atoms with Crippen molar-refractivity contribution in [3.63, 3.8) is 0 Å². The van der Waals surface area contributed by atoms with Gasteiger partial charge < -0.3 is 10.2 Å². The van der Waals surface area contributed by atoms with Gasteiger partial charge in [0.2, 0.25) is 21.8 Å². The summed E-state index contributed by atoms with van der Waals surface area (Å²) in [5, 5.41) is 2.86. The second-order valence-corrected chi connectivity index (χ2v) is 11.5. The molecule has 0 aliphatic carbocycles. The molecule has 0 aliphatic heterocycles. The fourth-order valence-electron chi connectivity index (χ4n) is 3.81. The van der Waals surface area contributed by atoms with E-state index >= 15 is 0 Å². The van der Waals surface area contributed by atoms with E-state index in [-0.39, 0.29) is 49.5 Å². The molecule has 1 atom stereocenters. The molecule has 0 bridgehead atoms. The van der Waals surface area contributed by atoms with Crippen LogP contribution in [0.4, 0.5) is 10.1 Å². The number of benzene rings is 2. The predicted molar refractivity (Wildman–Crippen MR) is 142 cm³/mol. The van der Waals surface area contributed by atoms with Crippen molar-refractivity contribution < 1.29 is 22.4 Å². The van der Waals surface area contributed by atoms with Crippen LogP contribution in [-0.2, 0) is 26.2 Å². The summed E-state index contributed by atoms with van der Waals surface area (Å²) in [6.45, 7) is 10.2. The summed E-state index contributed by atoms with van der Waals surface area (Å²) in [5.41, 5.74) is 3.13. The van der Waals surface area contributed by atoms with E-state index in [1.807, 2.05) is 39.8 Å². The van der Waals surface area contributed by atoms with Crippen LogP contribution in [0.15, 0.2) is 42.5 Å². The predicted octanol–water partition coefficient (Wildman–Crippen LogP) is 4.18. The Balaban J connectivity index is 2.19. The fourth-order valence-corrected chi connectivity index (χ4v) is 4.83. The van der Waals surface area contributed by atoms with Crippen LogP contribution in [0, 0.1) is 25.6 Å². The summed E-state index contributed by atoms with van der Waals surface area (Å²) in [7, 11) is -3.56. The molecule has 0 spiro atoms. The smallest absolute Gasteiger partial charge is 0.242 e. The minimum atomic E-state index is -3.56. The molecule has 7 nitrogen and oxygen atoms in total. The highest BCUT2D eigenvalue weighted by molar-refractivity contribution is 7.92. The summed E-state index contributed by atoms with van der Waals surface area (Å²) >= 11 is 0. The molecule has 9 heteroatoms.